The first-order valence-corrected chi connectivity index (χ1v) is 7.28. The SMILES string of the molecule is CCCC(NC)c1ccn(Cc2ccc(Cl)cc2F)c1. The van der Waals surface area contributed by atoms with Crippen molar-refractivity contribution in [3.05, 3.63) is 58.6 Å². The van der Waals surface area contributed by atoms with E-state index >= 15 is 0 Å². The van der Waals surface area contributed by atoms with Gasteiger partial charge in [0.2, 0.25) is 0 Å². The normalized spacial score (nSPS) is 12.6. The minimum atomic E-state index is -0.258. The molecular formula is C16H20ClFN2. The maximum Gasteiger partial charge on any atom is 0.129 e. The lowest BCUT2D eigenvalue weighted by atomic mass is 10.1. The van der Waals surface area contributed by atoms with Gasteiger partial charge in [-0.2, -0.15) is 0 Å². The zero-order valence-corrected chi connectivity index (χ0v) is 12.6. The summed E-state index contributed by atoms with van der Waals surface area (Å²) in [7, 11) is 1.97. The standard InChI is InChI=1S/C16H20ClFN2/c1-3-4-16(19-2)13-7-8-20(11-13)10-12-5-6-14(17)9-15(12)18/h5-9,11,16,19H,3-4,10H2,1-2H3. The van der Waals surface area contributed by atoms with Crippen molar-refractivity contribution < 1.29 is 4.39 Å². The Balaban J connectivity index is 2.12. The molecule has 0 bridgehead atoms. The van der Waals surface area contributed by atoms with Gasteiger partial charge in [-0.3, -0.25) is 0 Å². The van der Waals surface area contributed by atoms with Crippen molar-refractivity contribution in [2.24, 2.45) is 0 Å². The highest BCUT2D eigenvalue weighted by Gasteiger charge is 2.10. The van der Waals surface area contributed by atoms with E-state index in [9.17, 15) is 4.39 Å². The first-order valence-electron chi connectivity index (χ1n) is 6.91. The Hall–Kier alpha value is -1.32. The maximum absolute atomic E-state index is 13.8. The minimum absolute atomic E-state index is 0.258. The smallest absolute Gasteiger partial charge is 0.129 e. The van der Waals surface area contributed by atoms with Gasteiger partial charge in [0.15, 0.2) is 0 Å². The molecule has 1 heterocycles. The Morgan fingerprint density at radius 1 is 1.35 bits per heavy atom. The molecule has 0 aliphatic rings. The number of halogens is 2. The van der Waals surface area contributed by atoms with Crippen LogP contribution in [-0.2, 0) is 6.54 Å². The molecule has 2 rings (SSSR count). The fraction of sp³-hybridized carbons (Fsp3) is 0.375. The summed E-state index contributed by atoms with van der Waals surface area (Å²) in [6.45, 7) is 2.69. The number of nitrogens with zero attached hydrogens (tertiary/aromatic N) is 1. The van der Waals surface area contributed by atoms with Crippen LogP contribution < -0.4 is 5.32 Å². The van der Waals surface area contributed by atoms with Crippen LogP contribution in [0.3, 0.4) is 0 Å². The van der Waals surface area contributed by atoms with Gasteiger partial charge in [0.05, 0.1) is 0 Å². The third-order valence-corrected chi connectivity index (χ3v) is 3.70. The topological polar surface area (TPSA) is 17.0 Å². The third-order valence-electron chi connectivity index (χ3n) is 3.47. The summed E-state index contributed by atoms with van der Waals surface area (Å²) in [5, 5.41) is 3.74. The average molecular weight is 295 g/mol. The van der Waals surface area contributed by atoms with Crippen molar-refractivity contribution in [1.29, 1.82) is 0 Å². The van der Waals surface area contributed by atoms with Crippen LogP contribution in [0.1, 0.15) is 36.9 Å². The first-order chi connectivity index (χ1) is 9.63. The fourth-order valence-corrected chi connectivity index (χ4v) is 2.54. The van der Waals surface area contributed by atoms with Crippen molar-refractivity contribution in [3.8, 4) is 0 Å². The van der Waals surface area contributed by atoms with Crippen LogP contribution in [0, 0.1) is 5.82 Å². The van der Waals surface area contributed by atoms with Crippen LogP contribution in [0.15, 0.2) is 36.7 Å². The zero-order valence-electron chi connectivity index (χ0n) is 11.9. The lowest BCUT2D eigenvalue weighted by Gasteiger charge is -2.13. The molecule has 0 aliphatic carbocycles. The Labute approximate surface area is 124 Å². The highest BCUT2D eigenvalue weighted by Crippen LogP contribution is 2.20. The molecule has 1 aromatic carbocycles. The molecule has 0 radical (unpaired) electrons. The van der Waals surface area contributed by atoms with E-state index < -0.39 is 0 Å². The van der Waals surface area contributed by atoms with E-state index in [0.29, 0.717) is 23.2 Å². The zero-order chi connectivity index (χ0) is 14.5. The molecule has 4 heteroatoms. The second-order valence-electron chi connectivity index (χ2n) is 4.98. The van der Waals surface area contributed by atoms with Crippen molar-refractivity contribution in [2.45, 2.75) is 32.4 Å². The monoisotopic (exact) mass is 294 g/mol. The number of nitrogens with one attached hydrogen (secondary N) is 1. The van der Waals surface area contributed by atoms with Crippen LogP contribution in [0.2, 0.25) is 5.02 Å². The van der Waals surface area contributed by atoms with E-state index in [2.05, 4.69) is 24.5 Å². The predicted molar refractivity (Wildman–Crippen MR) is 81.7 cm³/mol. The molecule has 1 unspecified atom stereocenters. The molecule has 0 fully saturated rings. The molecule has 2 nitrogen and oxygen atoms in total. The summed E-state index contributed by atoms with van der Waals surface area (Å²) >= 11 is 5.76. The lowest BCUT2D eigenvalue weighted by Crippen LogP contribution is -2.15. The van der Waals surface area contributed by atoms with Crippen molar-refractivity contribution in [2.75, 3.05) is 7.05 Å². The summed E-state index contributed by atoms with van der Waals surface area (Å²) in [5.41, 5.74) is 1.89. The van der Waals surface area contributed by atoms with Gasteiger partial charge >= 0.3 is 0 Å². The molecule has 0 saturated heterocycles. The summed E-state index contributed by atoms with van der Waals surface area (Å²) in [6.07, 6.45) is 6.28. The highest BCUT2D eigenvalue weighted by molar-refractivity contribution is 6.30. The molecule has 0 amide bonds. The van der Waals surface area contributed by atoms with Gasteiger partial charge in [0.25, 0.3) is 0 Å². The summed E-state index contributed by atoms with van der Waals surface area (Å²) in [5.74, 6) is -0.258. The van der Waals surface area contributed by atoms with Crippen LogP contribution in [0.4, 0.5) is 4.39 Å². The molecule has 1 atom stereocenters. The second-order valence-corrected chi connectivity index (χ2v) is 5.42. The Kier molecular flexibility index (Phi) is 5.21. The Bertz CT molecular complexity index is 565. The van der Waals surface area contributed by atoms with Crippen molar-refractivity contribution >= 4 is 11.6 Å². The molecule has 108 valence electrons. The van der Waals surface area contributed by atoms with Crippen LogP contribution >= 0.6 is 11.6 Å². The summed E-state index contributed by atoms with van der Waals surface area (Å²) < 4.78 is 15.8. The quantitative estimate of drug-likeness (QED) is 0.836. The van der Waals surface area contributed by atoms with E-state index in [1.165, 1.54) is 11.6 Å². The summed E-state index contributed by atoms with van der Waals surface area (Å²) in [6, 6.07) is 7.26. The van der Waals surface area contributed by atoms with E-state index in [1.807, 2.05) is 17.8 Å². The van der Waals surface area contributed by atoms with E-state index in [1.54, 1.807) is 12.1 Å². The lowest BCUT2D eigenvalue weighted by molar-refractivity contribution is 0.540. The van der Waals surface area contributed by atoms with Gasteiger partial charge < -0.3 is 9.88 Å². The van der Waals surface area contributed by atoms with Crippen molar-refractivity contribution in [3.63, 3.8) is 0 Å². The minimum Gasteiger partial charge on any atom is -0.349 e. The van der Waals surface area contributed by atoms with Crippen molar-refractivity contribution in [1.82, 2.24) is 9.88 Å². The number of benzene rings is 1. The Morgan fingerprint density at radius 3 is 2.80 bits per heavy atom. The molecule has 20 heavy (non-hydrogen) atoms. The van der Waals surface area contributed by atoms with Gasteiger partial charge in [0, 0.05) is 35.6 Å². The van der Waals surface area contributed by atoms with Gasteiger partial charge in [-0.25, -0.2) is 4.39 Å². The van der Waals surface area contributed by atoms with E-state index in [-0.39, 0.29) is 5.82 Å². The molecule has 1 aromatic heterocycles. The third kappa shape index (κ3) is 3.62. The number of hydrogen-bond acceptors (Lipinski definition) is 1. The van der Waals surface area contributed by atoms with Gasteiger partial charge in [-0.1, -0.05) is 31.0 Å². The maximum atomic E-state index is 13.8. The molecule has 0 spiro atoms. The van der Waals surface area contributed by atoms with Crippen LogP contribution in [0.25, 0.3) is 0 Å². The molecule has 0 saturated carbocycles. The first kappa shape index (κ1) is 15.1. The number of hydrogen-bond donors (Lipinski definition) is 1. The highest BCUT2D eigenvalue weighted by atomic mass is 35.5. The fourth-order valence-electron chi connectivity index (χ4n) is 2.38. The number of aromatic nitrogens is 1. The van der Waals surface area contributed by atoms with E-state index in [0.717, 1.165) is 12.8 Å². The average Bonchev–Trinajstić information content (AvgIpc) is 2.87. The van der Waals surface area contributed by atoms with Crippen LogP contribution in [0.5, 0.6) is 0 Å². The van der Waals surface area contributed by atoms with E-state index in [4.69, 9.17) is 11.6 Å². The van der Waals surface area contributed by atoms with Gasteiger partial charge in [-0.05, 0) is 37.2 Å². The van der Waals surface area contributed by atoms with Crippen LogP contribution in [-0.4, -0.2) is 11.6 Å². The van der Waals surface area contributed by atoms with Gasteiger partial charge in [0.1, 0.15) is 5.82 Å². The molecular weight excluding hydrogens is 275 g/mol. The second kappa shape index (κ2) is 6.91. The Morgan fingerprint density at radius 2 is 2.15 bits per heavy atom. The molecule has 2 aromatic rings. The predicted octanol–water partition coefficient (Wildman–Crippen LogP) is 4.39. The number of rotatable bonds is 6. The van der Waals surface area contributed by atoms with Gasteiger partial charge in [-0.15, -0.1) is 0 Å². The summed E-state index contributed by atoms with van der Waals surface area (Å²) in [4.78, 5) is 0. The molecule has 1 N–H and O–H groups in total. The largest absolute Gasteiger partial charge is 0.349 e. The molecule has 0 aliphatic heterocycles.